The summed E-state index contributed by atoms with van der Waals surface area (Å²) in [5, 5.41) is 10.6. The van der Waals surface area contributed by atoms with Gasteiger partial charge in [0.15, 0.2) is 11.2 Å². The van der Waals surface area contributed by atoms with Crippen LogP contribution in [0, 0.1) is 0 Å². The van der Waals surface area contributed by atoms with E-state index in [2.05, 4.69) is 50.7 Å². The van der Waals surface area contributed by atoms with Gasteiger partial charge < -0.3 is 25.4 Å². The number of benzene rings is 1. The number of nitrogens with zero attached hydrogens (tertiary/aromatic N) is 3. The monoisotopic (exact) mass is 526 g/mol. The van der Waals surface area contributed by atoms with Gasteiger partial charge in [-0.05, 0) is 30.7 Å². The van der Waals surface area contributed by atoms with Crippen LogP contribution < -0.4 is 26.8 Å². The fourth-order valence-electron chi connectivity index (χ4n) is 3.21. The Hall–Kier alpha value is -5.08. The SMILES string of the molecule is COC(=O)CC[C@H](NC(=O)Nc1ccc(NCc2cnc3nc(NC(C)=O)[nH]c(=O)c3n2)cc1)C(=O)OC. The Morgan fingerprint density at radius 1 is 1.00 bits per heavy atom. The maximum Gasteiger partial charge on any atom is 0.328 e. The van der Waals surface area contributed by atoms with Crippen molar-refractivity contribution in [2.45, 2.75) is 32.4 Å². The first-order valence-electron chi connectivity index (χ1n) is 11.3. The number of H-pyrrole nitrogens is 1. The molecule has 0 saturated carbocycles. The van der Waals surface area contributed by atoms with Gasteiger partial charge in [-0.25, -0.2) is 19.6 Å². The third-order valence-corrected chi connectivity index (χ3v) is 5.03. The minimum absolute atomic E-state index is 0.0143. The number of fused-ring (bicyclic) bond motifs is 1. The Bertz CT molecular complexity index is 1390. The van der Waals surface area contributed by atoms with E-state index in [1.807, 2.05) is 0 Å². The largest absolute Gasteiger partial charge is 0.469 e. The number of esters is 2. The van der Waals surface area contributed by atoms with Crippen molar-refractivity contribution in [1.82, 2.24) is 25.3 Å². The van der Waals surface area contributed by atoms with Crippen molar-refractivity contribution in [1.29, 1.82) is 0 Å². The molecule has 0 radical (unpaired) electrons. The molecule has 0 unspecified atom stereocenters. The van der Waals surface area contributed by atoms with Crippen molar-refractivity contribution in [2.75, 3.05) is 30.2 Å². The van der Waals surface area contributed by atoms with Crippen LogP contribution in [0.2, 0.25) is 0 Å². The molecular weight excluding hydrogens is 500 g/mol. The molecule has 0 spiro atoms. The maximum absolute atomic E-state index is 12.3. The molecule has 1 aromatic carbocycles. The van der Waals surface area contributed by atoms with Crippen molar-refractivity contribution >= 4 is 52.4 Å². The maximum atomic E-state index is 12.3. The van der Waals surface area contributed by atoms with Crippen LogP contribution in [0.15, 0.2) is 35.3 Å². The average Bonchev–Trinajstić information content (AvgIpc) is 2.89. The summed E-state index contributed by atoms with van der Waals surface area (Å²) < 4.78 is 9.22. The van der Waals surface area contributed by atoms with Gasteiger partial charge in [-0.1, -0.05) is 0 Å². The lowest BCUT2D eigenvalue weighted by Gasteiger charge is -2.16. The highest BCUT2D eigenvalue weighted by atomic mass is 16.5. The zero-order chi connectivity index (χ0) is 27.7. The number of hydrogen-bond donors (Lipinski definition) is 5. The molecule has 3 amide bonds. The van der Waals surface area contributed by atoms with Crippen LogP contribution in [0.4, 0.5) is 22.1 Å². The first-order chi connectivity index (χ1) is 18.2. The number of nitrogens with one attached hydrogen (secondary N) is 5. The lowest BCUT2D eigenvalue weighted by molar-refractivity contribution is -0.144. The van der Waals surface area contributed by atoms with E-state index < -0.39 is 29.6 Å². The summed E-state index contributed by atoms with van der Waals surface area (Å²) in [5.74, 6) is -1.60. The first-order valence-corrected chi connectivity index (χ1v) is 11.3. The molecule has 2 heterocycles. The van der Waals surface area contributed by atoms with Gasteiger partial charge in [0.2, 0.25) is 11.9 Å². The molecule has 2 aromatic heterocycles. The zero-order valence-corrected chi connectivity index (χ0v) is 20.8. The van der Waals surface area contributed by atoms with Crippen LogP contribution in [-0.4, -0.2) is 64.1 Å². The van der Waals surface area contributed by atoms with Crippen molar-refractivity contribution < 1.29 is 28.7 Å². The van der Waals surface area contributed by atoms with Crippen LogP contribution in [0.5, 0.6) is 0 Å². The quantitative estimate of drug-likeness (QED) is 0.235. The molecule has 0 saturated heterocycles. The van der Waals surface area contributed by atoms with E-state index in [-0.39, 0.29) is 42.4 Å². The molecule has 0 aliphatic heterocycles. The van der Waals surface area contributed by atoms with E-state index in [9.17, 15) is 24.0 Å². The standard InChI is InChI=1S/C23H26N8O7/c1-12(32)26-22-30-19-18(20(34)31-22)27-15(11-25-19)10-24-13-4-6-14(7-5-13)28-23(36)29-16(21(35)38-3)8-9-17(33)37-2/h4-7,11,16,24H,8-10H2,1-3H3,(H2,28,29,36)(H2,25,26,30,31,32,34)/t16-/m0/s1. The Labute approximate surface area is 215 Å². The molecule has 15 nitrogen and oxygen atoms in total. The Morgan fingerprint density at radius 3 is 2.37 bits per heavy atom. The molecular formula is C23H26N8O7. The van der Waals surface area contributed by atoms with Crippen molar-refractivity contribution in [3.05, 3.63) is 46.5 Å². The van der Waals surface area contributed by atoms with Crippen molar-refractivity contribution in [2.24, 2.45) is 0 Å². The normalized spacial score (nSPS) is 11.2. The van der Waals surface area contributed by atoms with Gasteiger partial charge in [-0.3, -0.25) is 24.7 Å². The van der Waals surface area contributed by atoms with E-state index in [4.69, 9.17) is 0 Å². The summed E-state index contributed by atoms with van der Waals surface area (Å²) in [6, 6.07) is 4.99. The number of rotatable bonds is 10. The van der Waals surface area contributed by atoms with E-state index in [0.717, 1.165) is 0 Å². The summed E-state index contributed by atoms with van der Waals surface area (Å²) in [5.41, 5.74) is 1.19. The van der Waals surface area contributed by atoms with Crippen LogP contribution in [-0.2, 0) is 30.4 Å². The van der Waals surface area contributed by atoms with Gasteiger partial charge in [0.25, 0.3) is 5.56 Å². The number of aromatic amines is 1. The second-order valence-corrected chi connectivity index (χ2v) is 7.85. The number of ether oxygens (including phenoxy) is 2. The van der Waals surface area contributed by atoms with E-state index in [1.54, 1.807) is 24.3 Å². The Balaban J connectivity index is 1.57. The van der Waals surface area contributed by atoms with Crippen molar-refractivity contribution in [3.63, 3.8) is 0 Å². The fourth-order valence-corrected chi connectivity index (χ4v) is 3.21. The predicted molar refractivity (Wildman–Crippen MR) is 135 cm³/mol. The number of anilines is 3. The molecule has 5 N–H and O–H groups in total. The lowest BCUT2D eigenvalue weighted by atomic mass is 10.1. The summed E-state index contributed by atoms with van der Waals surface area (Å²) in [4.78, 5) is 73.9. The molecule has 0 bridgehead atoms. The van der Waals surface area contributed by atoms with Crippen molar-refractivity contribution in [3.8, 4) is 0 Å². The number of carbonyl (C=O) groups is 4. The summed E-state index contributed by atoms with van der Waals surface area (Å²) in [6.07, 6.45) is 1.41. The topological polar surface area (TPSA) is 206 Å². The van der Waals surface area contributed by atoms with E-state index in [0.29, 0.717) is 17.1 Å². The minimum Gasteiger partial charge on any atom is -0.469 e. The van der Waals surface area contributed by atoms with Gasteiger partial charge >= 0.3 is 18.0 Å². The highest BCUT2D eigenvalue weighted by molar-refractivity contribution is 5.93. The van der Waals surface area contributed by atoms with Gasteiger partial charge in [-0.2, -0.15) is 4.98 Å². The molecule has 15 heteroatoms. The number of carbonyl (C=O) groups excluding carboxylic acids is 4. The smallest absolute Gasteiger partial charge is 0.328 e. The highest BCUT2D eigenvalue weighted by Gasteiger charge is 2.22. The van der Waals surface area contributed by atoms with Gasteiger partial charge in [0.1, 0.15) is 6.04 Å². The van der Waals surface area contributed by atoms with Crippen LogP contribution in [0.3, 0.4) is 0 Å². The average molecular weight is 527 g/mol. The Morgan fingerprint density at radius 2 is 1.71 bits per heavy atom. The third kappa shape index (κ3) is 7.71. The molecule has 1 atom stereocenters. The van der Waals surface area contributed by atoms with Crippen LogP contribution in [0.1, 0.15) is 25.5 Å². The molecule has 38 heavy (non-hydrogen) atoms. The highest BCUT2D eigenvalue weighted by Crippen LogP contribution is 2.15. The molecule has 3 aromatic rings. The van der Waals surface area contributed by atoms with Gasteiger partial charge in [0.05, 0.1) is 32.7 Å². The first kappa shape index (κ1) is 27.5. The van der Waals surface area contributed by atoms with E-state index >= 15 is 0 Å². The number of aromatic nitrogens is 4. The second kappa shape index (κ2) is 12.8. The molecule has 3 rings (SSSR count). The van der Waals surface area contributed by atoms with Crippen LogP contribution >= 0.6 is 0 Å². The predicted octanol–water partition coefficient (Wildman–Crippen LogP) is 0.900. The van der Waals surface area contributed by atoms with Gasteiger partial charge in [-0.15, -0.1) is 0 Å². The molecule has 0 aliphatic rings. The molecule has 0 aliphatic carbocycles. The molecule has 200 valence electrons. The molecule has 0 fully saturated rings. The van der Waals surface area contributed by atoms with Gasteiger partial charge in [0, 0.05) is 24.7 Å². The fraction of sp³-hybridized carbons (Fsp3) is 0.304. The summed E-state index contributed by atoms with van der Waals surface area (Å²) in [7, 11) is 2.41. The Kier molecular flexibility index (Phi) is 9.23. The minimum atomic E-state index is -1.03. The zero-order valence-electron chi connectivity index (χ0n) is 20.8. The van der Waals surface area contributed by atoms with Crippen LogP contribution in [0.25, 0.3) is 11.2 Å². The lowest BCUT2D eigenvalue weighted by Crippen LogP contribution is -2.43. The second-order valence-electron chi connectivity index (χ2n) is 7.85. The summed E-state index contributed by atoms with van der Waals surface area (Å²) >= 11 is 0. The number of methoxy groups -OCH3 is 2. The summed E-state index contributed by atoms with van der Waals surface area (Å²) in [6.45, 7) is 1.53. The number of hydrogen-bond acceptors (Lipinski definition) is 11. The van der Waals surface area contributed by atoms with E-state index in [1.165, 1.54) is 27.3 Å². The third-order valence-electron chi connectivity index (χ3n) is 5.03. The number of amides is 3. The number of urea groups is 1.